The first-order valence-corrected chi connectivity index (χ1v) is 7.21. The van der Waals surface area contributed by atoms with Gasteiger partial charge >= 0.3 is 0 Å². The van der Waals surface area contributed by atoms with Crippen molar-refractivity contribution in [3.8, 4) is 0 Å². The second-order valence-corrected chi connectivity index (χ2v) is 5.75. The van der Waals surface area contributed by atoms with Crippen molar-refractivity contribution in [2.45, 2.75) is 34.1 Å². The van der Waals surface area contributed by atoms with Gasteiger partial charge in [0.15, 0.2) is 0 Å². The van der Waals surface area contributed by atoms with Gasteiger partial charge in [-0.1, -0.05) is 39.0 Å². The third-order valence-electron chi connectivity index (χ3n) is 2.87. The molecular formula is C12H22N4OS. The minimum atomic E-state index is -0.135. The van der Waals surface area contributed by atoms with Gasteiger partial charge < -0.3 is 10.6 Å². The molecule has 0 saturated heterocycles. The average Bonchev–Trinajstić information content (AvgIpc) is 2.81. The summed E-state index contributed by atoms with van der Waals surface area (Å²) in [5.74, 6) is 0.880. The molecule has 0 saturated carbocycles. The predicted octanol–water partition coefficient (Wildman–Crippen LogP) is 2.38. The van der Waals surface area contributed by atoms with Crippen LogP contribution < -0.4 is 10.6 Å². The smallest absolute Gasteiger partial charge is 0.282 e. The maximum Gasteiger partial charge on any atom is 0.282 e. The number of hydrogen-bond acceptors (Lipinski definition) is 5. The molecule has 1 amide bonds. The van der Waals surface area contributed by atoms with Crippen molar-refractivity contribution in [1.82, 2.24) is 15.5 Å². The molecule has 1 aromatic heterocycles. The molecule has 0 spiro atoms. The van der Waals surface area contributed by atoms with Crippen LogP contribution in [0, 0.1) is 11.8 Å². The van der Waals surface area contributed by atoms with Crippen LogP contribution >= 0.6 is 11.3 Å². The zero-order valence-electron chi connectivity index (χ0n) is 11.5. The van der Waals surface area contributed by atoms with Gasteiger partial charge in [-0.15, -0.1) is 10.2 Å². The van der Waals surface area contributed by atoms with E-state index in [-0.39, 0.29) is 5.91 Å². The van der Waals surface area contributed by atoms with E-state index in [9.17, 15) is 4.79 Å². The number of nitrogens with one attached hydrogen (secondary N) is 2. The maximum absolute atomic E-state index is 11.8. The SMILES string of the molecule is CCCNc1nnc(C(=O)NCC(C)C(C)C)s1. The number of rotatable bonds is 7. The molecule has 18 heavy (non-hydrogen) atoms. The predicted molar refractivity (Wildman–Crippen MR) is 75.0 cm³/mol. The molecule has 0 fully saturated rings. The van der Waals surface area contributed by atoms with Crippen molar-refractivity contribution in [2.24, 2.45) is 11.8 Å². The molecule has 1 rings (SSSR count). The van der Waals surface area contributed by atoms with E-state index in [2.05, 4.69) is 48.5 Å². The highest BCUT2D eigenvalue weighted by Gasteiger charge is 2.14. The fourth-order valence-electron chi connectivity index (χ4n) is 1.18. The second-order valence-electron chi connectivity index (χ2n) is 4.77. The first-order chi connectivity index (χ1) is 8.54. The van der Waals surface area contributed by atoms with Gasteiger partial charge in [0.25, 0.3) is 5.91 Å². The zero-order valence-corrected chi connectivity index (χ0v) is 12.3. The maximum atomic E-state index is 11.8. The third kappa shape index (κ3) is 4.60. The summed E-state index contributed by atoms with van der Waals surface area (Å²) in [5, 5.41) is 15.0. The monoisotopic (exact) mass is 270 g/mol. The highest BCUT2D eigenvalue weighted by Crippen LogP contribution is 2.15. The quantitative estimate of drug-likeness (QED) is 0.798. The number of hydrogen-bond donors (Lipinski definition) is 2. The van der Waals surface area contributed by atoms with Crippen molar-refractivity contribution in [3.63, 3.8) is 0 Å². The van der Waals surface area contributed by atoms with Crippen LogP contribution in [0.3, 0.4) is 0 Å². The molecule has 0 aliphatic rings. The van der Waals surface area contributed by atoms with Crippen molar-refractivity contribution >= 4 is 22.4 Å². The molecule has 0 bridgehead atoms. The first kappa shape index (κ1) is 14.9. The molecule has 0 aliphatic heterocycles. The third-order valence-corrected chi connectivity index (χ3v) is 3.75. The molecule has 1 aromatic rings. The fraction of sp³-hybridized carbons (Fsp3) is 0.750. The van der Waals surface area contributed by atoms with Crippen molar-refractivity contribution < 1.29 is 4.79 Å². The summed E-state index contributed by atoms with van der Waals surface area (Å²) < 4.78 is 0. The Balaban J connectivity index is 2.44. The van der Waals surface area contributed by atoms with E-state index in [1.807, 2.05) is 0 Å². The van der Waals surface area contributed by atoms with Gasteiger partial charge in [-0.3, -0.25) is 4.79 Å². The summed E-state index contributed by atoms with van der Waals surface area (Å²) in [4.78, 5) is 11.8. The van der Waals surface area contributed by atoms with Gasteiger partial charge in [0.1, 0.15) is 0 Å². The van der Waals surface area contributed by atoms with Gasteiger partial charge in [0.05, 0.1) is 0 Å². The summed E-state index contributed by atoms with van der Waals surface area (Å²) in [6.07, 6.45) is 1.02. The number of anilines is 1. The molecule has 6 heteroatoms. The number of carbonyl (C=O) groups is 1. The molecule has 1 unspecified atom stereocenters. The second kappa shape index (κ2) is 7.31. The van der Waals surface area contributed by atoms with Crippen LogP contribution in [-0.4, -0.2) is 29.2 Å². The van der Waals surface area contributed by atoms with Crippen molar-refractivity contribution in [3.05, 3.63) is 5.01 Å². The van der Waals surface area contributed by atoms with Crippen LogP contribution in [0.5, 0.6) is 0 Å². The van der Waals surface area contributed by atoms with E-state index in [4.69, 9.17) is 0 Å². The van der Waals surface area contributed by atoms with Crippen LogP contribution in [-0.2, 0) is 0 Å². The average molecular weight is 270 g/mol. The lowest BCUT2D eigenvalue weighted by molar-refractivity contribution is 0.0944. The lowest BCUT2D eigenvalue weighted by Crippen LogP contribution is -2.30. The van der Waals surface area contributed by atoms with Crippen LogP contribution in [0.4, 0.5) is 5.13 Å². The first-order valence-electron chi connectivity index (χ1n) is 6.40. The zero-order chi connectivity index (χ0) is 13.5. The number of amides is 1. The van der Waals surface area contributed by atoms with E-state index < -0.39 is 0 Å². The standard InChI is InChI=1S/C12H22N4OS/c1-5-6-13-12-16-15-11(18-12)10(17)14-7-9(4)8(2)3/h8-9H,5-7H2,1-4H3,(H,13,16)(H,14,17). The minimum absolute atomic E-state index is 0.135. The normalized spacial score (nSPS) is 12.5. The molecule has 102 valence electrons. The fourth-order valence-corrected chi connectivity index (χ4v) is 1.87. The van der Waals surface area contributed by atoms with Crippen molar-refractivity contribution in [2.75, 3.05) is 18.4 Å². The number of nitrogens with zero attached hydrogens (tertiary/aromatic N) is 2. The molecular weight excluding hydrogens is 248 g/mol. The molecule has 5 nitrogen and oxygen atoms in total. The summed E-state index contributed by atoms with van der Waals surface area (Å²) in [6, 6.07) is 0. The van der Waals surface area contributed by atoms with Crippen molar-refractivity contribution in [1.29, 1.82) is 0 Å². The topological polar surface area (TPSA) is 66.9 Å². The largest absolute Gasteiger partial charge is 0.360 e. The van der Waals surface area contributed by atoms with E-state index in [1.165, 1.54) is 11.3 Å². The lowest BCUT2D eigenvalue weighted by atomic mass is 9.98. The minimum Gasteiger partial charge on any atom is -0.360 e. The van der Waals surface area contributed by atoms with Crippen LogP contribution in [0.1, 0.15) is 43.9 Å². The molecule has 0 aliphatic carbocycles. The Morgan fingerprint density at radius 2 is 2.06 bits per heavy atom. The molecule has 0 aromatic carbocycles. The van der Waals surface area contributed by atoms with Gasteiger partial charge in [0, 0.05) is 13.1 Å². The Bertz CT molecular complexity index is 378. The summed E-state index contributed by atoms with van der Waals surface area (Å²) in [7, 11) is 0. The lowest BCUT2D eigenvalue weighted by Gasteiger charge is -2.15. The highest BCUT2D eigenvalue weighted by atomic mass is 32.1. The molecule has 0 radical (unpaired) electrons. The Kier molecular flexibility index (Phi) is 6.04. The van der Waals surface area contributed by atoms with E-state index >= 15 is 0 Å². The van der Waals surface area contributed by atoms with Gasteiger partial charge in [-0.05, 0) is 18.3 Å². The van der Waals surface area contributed by atoms with Crippen LogP contribution in [0.2, 0.25) is 0 Å². The van der Waals surface area contributed by atoms with E-state index in [0.29, 0.717) is 28.5 Å². The van der Waals surface area contributed by atoms with Crippen LogP contribution in [0.25, 0.3) is 0 Å². The Labute approximate surface area is 112 Å². The number of carbonyl (C=O) groups excluding carboxylic acids is 1. The summed E-state index contributed by atoms with van der Waals surface area (Å²) in [5.41, 5.74) is 0. The Morgan fingerprint density at radius 3 is 2.67 bits per heavy atom. The summed E-state index contributed by atoms with van der Waals surface area (Å²) in [6.45, 7) is 10.0. The van der Waals surface area contributed by atoms with Gasteiger partial charge in [-0.25, -0.2) is 0 Å². The Hall–Kier alpha value is -1.17. The Morgan fingerprint density at radius 1 is 1.33 bits per heavy atom. The number of aromatic nitrogens is 2. The van der Waals surface area contributed by atoms with Gasteiger partial charge in [0.2, 0.25) is 10.1 Å². The summed E-state index contributed by atoms with van der Waals surface area (Å²) >= 11 is 1.30. The molecule has 2 N–H and O–H groups in total. The van der Waals surface area contributed by atoms with Crippen LogP contribution in [0.15, 0.2) is 0 Å². The van der Waals surface area contributed by atoms with E-state index in [0.717, 1.165) is 13.0 Å². The highest BCUT2D eigenvalue weighted by molar-refractivity contribution is 7.17. The van der Waals surface area contributed by atoms with Gasteiger partial charge in [-0.2, -0.15) is 0 Å². The molecule has 1 atom stereocenters. The van der Waals surface area contributed by atoms with E-state index in [1.54, 1.807) is 0 Å². The molecule has 1 heterocycles.